The lowest BCUT2D eigenvalue weighted by atomic mass is 10.1. The molecule has 1 aromatic carbocycles. The van der Waals surface area contributed by atoms with Crippen molar-refractivity contribution in [3.05, 3.63) is 66.4 Å². The van der Waals surface area contributed by atoms with Crippen molar-refractivity contribution in [1.29, 1.82) is 0 Å². The lowest BCUT2D eigenvalue weighted by Crippen LogP contribution is -2.10. The summed E-state index contributed by atoms with van der Waals surface area (Å²) < 4.78 is 1.86. The number of H-pyrrole nitrogens is 1. The van der Waals surface area contributed by atoms with Gasteiger partial charge in [0.05, 0.1) is 17.7 Å². The average Bonchev–Trinajstić information content (AvgIpc) is 3.24. The van der Waals surface area contributed by atoms with Crippen LogP contribution >= 0.6 is 0 Å². The van der Waals surface area contributed by atoms with Crippen LogP contribution in [0.15, 0.2) is 55.0 Å². The van der Waals surface area contributed by atoms with Crippen LogP contribution in [-0.4, -0.2) is 31.1 Å². The Kier molecular flexibility index (Phi) is 3.70. The van der Waals surface area contributed by atoms with Crippen LogP contribution in [0.1, 0.15) is 11.4 Å². The average molecular weight is 318 g/mol. The van der Waals surface area contributed by atoms with Gasteiger partial charge in [0.2, 0.25) is 0 Å². The number of fused-ring (bicyclic) bond motifs is 1. The zero-order valence-corrected chi connectivity index (χ0v) is 13.4. The van der Waals surface area contributed by atoms with Crippen LogP contribution in [0.5, 0.6) is 0 Å². The molecule has 3 heterocycles. The van der Waals surface area contributed by atoms with Gasteiger partial charge in [-0.15, -0.1) is 0 Å². The van der Waals surface area contributed by atoms with Crippen molar-refractivity contribution in [3.63, 3.8) is 0 Å². The Morgan fingerprint density at radius 3 is 2.83 bits per heavy atom. The van der Waals surface area contributed by atoms with Crippen molar-refractivity contribution in [2.45, 2.75) is 13.3 Å². The molecule has 6 nitrogen and oxygen atoms in total. The molecule has 0 atom stereocenters. The summed E-state index contributed by atoms with van der Waals surface area (Å²) in [5.74, 6) is 0.937. The smallest absolute Gasteiger partial charge is 0.158 e. The molecule has 120 valence electrons. The summed E-state index contributed by atoms with van der Waals surface area (Å²) >= 11 is 0. The summed E-state index contributed by atoms with van der Waals surface area (Å²) in [5, 5.41) is 8.00. The Hall–Kier alpha value is -3.15. The number of aromatic amines is 1. The number of aryl methyl sites for hydroxylation is 1. The molecule has 4 aromatic rings. The number of imidazole rings is 1. The van der Waals surface area contributed by atoms with Crippen LogP contribution in [0.2, 0.25) is 0 Å². The van der Waals surface area contributed by atoms with Crippen molar-refractivity contribution in [3.8, 4) is 11.3 Å². The first-order valence-corrected chi connectivity index (χ1v) is 7.93. The maximum atomic E-state index is 4.73. The topological polar surface area (TPSA) is 70.9 Å². The molecule has 6 heteroatoms. The van der Waals surface area contributed by atoms with Gasteiger partial charge in [-0.05, 0) is 6.92 Å². The molecule has 4 rings (SSSR count). The predicted molar refractivity (Wildman–Crippen MR) is 93.9 cm³/mol. The first-order valence-electron chi connectivity index (χ1n) is 7.93. The fraction of sp³-hybridized carbons (Fsp3) is 0.167. The van der Waals surface area contributed by atoms with E-state index in [0.717, 1.165) is 47.1 Å². The molecular formula is C18H18N6. The van der Waals surface area contributed by atoms with E-state index in [2.05, 4.69) is 32.5 Å². The first-order chi connectivity index (χ1) is 11.8. The summed E-state index contributed by atoms with van der Waals surface area (Å²) in [6.07, 6.45) is 4.41. The number of hydrogen-bond acceptors (Lipinski definition) is 4. The first kappa shape index (κ1) is 14.4. The van der Waals surface area contributed by atoms with E-state index in [1.165, 1.54) is 0 Å². The van der Waals surface area contributed by atoms with Crippen molar-refractivity contribution in [2.75, 3.05) is 11.9 Å². The summed E-state index contributed by atoms with van der Waals surface area (Å²) in [5.41, 5.74) is 4.93. The number of rotatable bonds is 5. The number of aromatic nitrogens is 5. The highest BCUT2D eigenvalue weighted by Crippen LogP contribution is 2.22. The maximum absolute atomic E-state index is 4.73. The molecule has 0 fully saturated rings. The van der Waals surface area contributed by atoms with Gasteiger partial charge < -0.3 is 10.3 Å². The predicted octanol–water partition coefficient (Wildman–Crippen LogP) is 3.08. The highest BCUT2D eigenvalue weighted by molar-refractivity contribution is 5.66. The number of benzene rings is 1. The highest BCUT2D eigenvalue weighted by atomic mass is 15.3. The van der Waals surface area contributed by atoms with E-state index >= 15 is 0 Å². The van der Waals surface area contributed by atoms with Crippen LogP contribution in [-0.2, 0) is 6.42 Å². The van der Waals surface area contributed by atoms with E-state index in [-0.39, 0.29) is 0 Å². The maximum Gasteiger partial charge on any atom is 0.158 e. The van der Waals surface area contributed by atoms with Gasteiger partial charge in [-0.2, -0.15) is 9.61 Å². The molecule has 2 N–H and O–H groups in total. The second-order valence-electron chi connectivity index (χ2n) is 5.70. The quantitative estimate of drug-likeness (QED) is 0.593. The largest absolute Gasteiger partial charge is 0.369 e. The molecule has 3 aromatic heterocycles. The fourth-order valence-corrected chi connectivity index (χ4v) is 2.72. The summed E-state index contributed by atoms with van der Waals surface area (Å²) in [7, 11) is 0. The second-order valence-corrected chi connectivity index (χ2v) is 5.70. The van der Waals surface area contributed by atoms with Crippen molar-refractivity contribution < 1.29 is 0 Å². The van der Waals surface area contributed by atoms with Gasteiger partial charge in [-0.1, -0.05) is 30.3 Å². The Labute approximate surface area is 139 Å². The third kappa shape index (κ3) is 2.86. The van der Waals surface area contributed by atoms with Crippen molar-refractivity contribution >= 4 is 11.5 Å². The van der Waals surface area contributed by atoms with Crippen LogP contribution in [0, 0.1) is 6.92 Å². The number of nitrogens with one attached hydrogen (secondary N) is 2. The second kappa shape index (κ2) is 6.16. The molecule has 24 heavy (non-hydrogen) atoms. The molecule has 0 amide bonds. The summed E-state index contributed by atoms with van der Waals surface area (Å²) in [6.45, 7) is 2.76. The van der Waals surface area contributed by atoms with E-state index in [1.807, 2.05) is 48.0 Å². The van der Waals surface area contributed by atoms with Crippen molar-refractivity contribution in [1.82, 2.24) is 24.6 Å². The lowest BCUT2D eigenvalue weighted by Gasteiger charge is -2.10. The highest BCUT2D eigenvalue weighted by Gasteiger charge is 2.09. The third-order valence-electron chi connectivity index (χ3n) is 3.87. The SMILES string of the molecule is Cc1cc2nc(-c3ccccc3)cc(NCCc3cnc[nH]3)n2n1. The molecule has 0 bridgehead atoms. The van der Waals surface area contributed by atoms with E-state index in [0.29, 0.717) is 0 Å². The molecule has 0 aliphatic heterocycles. The number of anilines is 1. The lowest BCUT2D eigenvalue weighted by molar-refractivity contribution is 0.893. The van der Waals surface area contributed by atoms with Gasteiger partial charge in [0.25, 0.3) is 0 Å². The molecule has 0 aliphatic rings. The minimum absolute atomic E-state index is 0.786. The Bertz CT molecular complexity index is 940. The Morgan fingerprint density at radius 1 is 1.17 bits per heavy atom. The zero-order chi connectivity index (χ0) is 16.4. The van der Waals surface area contributed by atoms with Crippen LogP contribution in [0.3, 0.4) is 0 Å². The van der Waals surface area contributed by atoms with Crippen LogP contribution in [0.25, 0.3) is 16.9 Å². The van der Waals surface area contributed by atoms with E-state index in [9.17, 15) is 0 Å². The fourth-order valence-electron chi connectivity index (χ4n) is 2.72. The summed E-state index contributed by atoms with van der Waals surface area (Å²) in [4.78, 5) is 11.9. The Morgan fingerprint density at radius 2 is 2.04 bits per heavy atom. The molecule has 0 unspecified atom stereocenters. The number of nitrogens with zero attached hydrogens (tertiary/aromatic N) is 4. The molecule has 0 saturated carbocycles. The van der Waals surface area contributed by atoms with Gasteiger partial charge in [-0.3, -0.25) is 0 Å². The molecule has 0 saturated heterocycles. The van der Waals surface area contributed by atoms with Gasteiger partial charge in [0.1, 0.15) is 5.82 Å². The van der Waals surface area contributed by atoms with Gasteiger partial charge >= 0.3 is 0 Å². The normalized spacial score (nSPS) is 11.0. The minimum atomic E-state index is 0.786. The monoisotopic (exact) mass is 318 g/mol. The molecular weight excluding hydrogens is 300 g/mol. The summed E-state index contributed by atoms with van der Waals surface area (Å²) in [6, 6.07) is 14.2. The third-order valence-corrected chi connectivity index (χ3v) is 3.87. The van der Waals surface area contributed by atoms with Gasteiger partial charge in [-0.25, -0.2) is 9.97 Å². The van der Waals surface area contributed by atoms with E-state index in [1.54, 1.807) is 6.33 Å². The Balaban J connectivity index is 1.67. The van der Waals surface area contributed by atoms with Crippen LogP contribution in [0.4, 0.5) is 5.82 Å². The van der Waals surface area contributed by atoms with Crippen LogP contribution < -0.4 is 5.32 Å². The molecule has 0 spiro atoms. The van der Waals surface area contributed by atoms with Gasteiger partial charge in [0, 0.05) is 42.6 Å². The molecule has 0 radical (unpaired) electrons. The standard InChI is InChI=1S/C18H18N6/c1-13-9-18-22-16(14-5-3-2-4-6-14)10-17(24(18)23-13)20-8-7-15-11-19-12-21-15/h2-6,9-12,20H,7-8H2,1H3,(H,19,21). The van der Waals surface area contributed by atoms with E-state index in [4.69, 9.17) is 4.98 Å². The molecule has 0 aliphatic carbocycles. The van der Waals surface area contributed by atoms with Crippen molar-refractivity contribution in [2.24, 2.45) is 0 Å². The van der Waals surface area contributed by atoms with E-state index < -0.39 is 0 Å². The zero-order valence-electron chi connectivity index (χ0n) is 13.4. The minimum Gasteiger partial charge on any atom is -0.369 e. The number of hydrogen-bond donors (Lipinski definition) is 2. The van der Waals surface area contributed by atoms with Gasteiger partial charge in [0.15, 0.2) is 5.65 Å².